The van der Waals surface area contributed by atoms with Crippen LogP contribution in [-0.4, -0.2) is 23.7 Å². The quantitative estimate of drug-likeness (QED) is 0.771. The van der Waals surface area contributed by atoms with E-state index >= 15 is 0 Å². The molecule has 0 bridgehead atoms. The van der Waals surface area contributed by atoms with Crippen LogP contribution in [0.1, 0.15) is 37.6 Å². The lowest BCUT2D eigenvalue weighted by Gasteiger charge is -2.18. The maximum absolute atomic E-state index is 11.8. The van der Waals surface area contributed by atoms with E-state index in [0.29, 0.717) is 6.54 Å². The molecule has 0 spiro atoms. The predicted molar refractivity (Wildman–Crippen MR) is 84.5 cm³/mol. The summed E-state index contributed by atoms with van der Waals surface area (Å²) in [6.07, 6.45) is 0.792. The molecular formula is C14H18Cl2N2O3. The Balaban J connectivity index is 2.79. The van der Waals surface area contributed by atoms with Gasteiger partial charge in [0.2, 0.25) is 0 Å². The van der Waals surface area contributed by atoms with Gasteiger partial charge in [-0.05, 0) is 24.0 Å². The lowest BCUT2D eigenvalue weighted by atomic mass is 9.92. The number of hydrogen-bond acceptors (Lipinski definition) is 2. The molecule has 1 rings (SSSR count). The molecule has 0 saturated heterocycles. The van der Waals surface area contributed by atoms with Gasteiger partial charge in [0.15, 0.2) is 0 Å². The first-order valence-corrected chi connectivity index (χ1v) is 7.13. The second kappa shape index (κ2) is 7.00. The summed E-state index contributed by atoms with van der Waals surface area (Å²) in [7, 11) is 0. The first-order valence-electron chi connectivity index (χ1n) is 6.37. The third-order valence-corrected chi connectivity index (χ3v) is 3.20. The second-order valence-corrected chi connectivity index (χ2v) is 6.65. The molecule has 0 aliphatic rings. The van der Waals surface area contributed by atoms with Crippen LogP contribution in [0.3, 0.4) is 0 Å². The Labute approximate surface area is 133 Å². The SMILES string of the molecule is CC(C)(C)CCNC(=O)Nc1c(Cl)cc(Cl)cc1C(=O)O. The van der Waals surface area contributed by atoms with Gasteiger partial charge in [-0.2, -0.15) is 0 Å². The normalized spacial score (nSPS) is 11.1. The van der Waals surface area contributed by atoms with Crippen molar-refractivity contribution in [2.75, 3.05) is 11.9 Å². The number of halogens is 2. The Bertz CT molecular complexity index is 554. The highest BCUT2D eigenvalue weighted by atomic mass is 35.5. The lowest BCUT2D eigenvalue weighted by molar-refractivity contribution is 0.0698. The lowest BCUT2D eigenvalue weighted by Crippen LogP contribution is -2.32. The summed E-state index contributed by atoms with van der Waals surface area (Å²) in [6.45, 7) is 6.66. The van der Waals surface area contributed by atoms with E-state index in [1.165, 1.54) is 12.1 Å². The van der Waals surface area contributed by atoms with E-state index in [4.69, 9.17) is 28.3 Å². The number of carboxylic acids is 1. The van der Waals surface area contributed by atoms with Crippen LogP contribution in [0.25, 0.3) is 0 Å². The molecule has 0 aromatic heterocycles. The van der Waals surface area contributed by atoms with Crippen molar-refractivity contribution in [1.29, 1.82) is 0 Å². The van der Waals surface area contributed by atoms with Gasteiger partial charge < -0.3 is 15.7 Å². The molecule has 2 amide bonds. The molecule has 1 aromatic carbocycles. The van der Waals surface area contributed by atoms with E-state index in [-0.39, 0.29) is 26.7 Å². The molecule has 0 heterocycles. The number of hydrogen-bond donors (Lipinski definition) is 3. The van der Waals surface area contributed by atoms with E-state index in [1.54, 1.807) is 0 Å². The van der Waals surface area contributed by atoms with Gasteiger partial charge in [-0.25, -0.2) is 9.59 Å². The zero-order valence-corrected chi connectivity index (χ0v) is 13.6. The average molecular weight is 333 g/mol. The second-order valence-electron chi connectivity index (χ2n) is 5.81. The largest absolute Gasteiger partial charge is 0.478 e. The van der Waals surface area contributed by atoms with E-state index in [2.05, 4.69) is 31.4 Å². The van der Waals surface area contributed by atoms with Crippen molar-refractivity contribution in [2.45, 2.75) is 27.2 Å². The van der Waals surface area contributed by atoms with Gasteiger partial charge in [-0.15, -0.1) is 0 Å². The van der Waals surface area contributed by atoms with Gasteiger partial charge in [-0.1, -0.05) is 44.0 Å². The van der Waals surface area contributed by atoms with Gasteiger partial charge in [0.05, 0.1) is 16.3 Å². The highest BCUT2D eigenvalue weighted by molar-refractivity contribution is 6.37. The number of aromatic carboxylic acids is 1. The topological polar surface area (TPSA) is 78.4 Å². The summed E-state index contributed by atoms with van der Waals surface area (Å²) < 4.78 is 0. The minimum Gasteiger partial charge on any atom is -0.478 e. The molecule has 0 fully saturated rings. The molecule has 116 valence electrons. The number of carbonyl (C=O) groups excluding carboxylic acids is 1. The van der Waals surface area contributed by atoms with Crippen molar-refractivity contribution in [3.8, 4) is 0 Å². The van der Waals surface area contributed by atoms with Crippen LogP contribution in [0.5, 0.6) is 0 Å². The van der Waals surface area contributed by atoms with Crippen LogP contribution in [0.15, 0.2) is 12.1 Å². The number of carboxylic acid groups (broad SMARTS) is 1. The maximum atomic E-state index is 11.8. The van der Waals surface area contributed by atoms with E-state index in [9.17, 15) is 9.59 Å². The Morgan fingerprint density at radius 3 is 2.38 bits per heavy atom. The van der Waals surface area contributed by atoms with Gasteiger partial charge in [-0.3, -0.25) is 0 Å². The van der Waals surface area contributed by atoms with Crippen LogP contribution in [-0.2, 0) is 0 Å². The fourth-order valence-electron chi connectivity index (χ4n) is 1.58. The van der Waals surface area contributed by atoms with Crippen molar-refractivity contribution in [3.63, 3.8) is 0 Å². The fraction of sp³-hybridized carbons (Fsp3) is 0.429. The molecule has 21 heavy (non-hydrogen) atoms. The minimum atomic E-state index is -1.22. The summed E-state index contributed by atoms with van der Waals surface area (Å²) in [5.74, 6) is -1.22. The molecule has 3 N–H and O–H groups in total. The van der Waals surface area contributed by atoms with Crippen LogP contribution >= 0.6 is 23.2 Å². The van der Waals surface area contributed by atoms with Crippen LogP contribution in [0.4, 0.5) is 10.5 Å². The van der Waals surface area contributed by atoms with Gasteiger partial charge in [0, 0.05) is 11.6 Å². The Kier molecular flexibility index (Phi) is 5.87. The van der Waals surface area contributed by atoms with Crippen molar-refractivity contribution in [3.05, 3.63) is 27.7 Å². The Morgan fingerprint density at radius 1 is 1.24 bits per heavy atom. The van der Waals surface area contributed by atoms with E-state index < -0.39 is 12.0 Å². The average Bonchev–Trinajstić information content (AvgIpc) is 2.30. The summed E-state index contributed by atoms with van der Waals surface area (Å²) in [4.78, 5) is 23.0. The summed E-state index contributed by atoms with van der Waals surface area (Å²) in [6, 6.07) is 2.10. The Morgan fingerprint density at radius 2 is 1.86 bits per heavy atom. The third-order valence-electron chi connectivity index (χ3n) is 2.68. The first kappa shape index (κ1) is 17.6. The number of urea groups is 1. The molecule has 5 nitrogen and oxygen atoms in total. The summed E-state index contributed by atoms with van der Waals surface area (Å²) >= 11 is 11.7. The van der Waals surface area contributed by atoms with E-state index in [0.717, 1.165) is 6.42 Å². The molecule has 1 aromatic rings. The van der Waals surface area contributed by atoms with Crippen LogP contribution < -0.4 is 10.6 Å². The van der Waals surface area contributed by atoms with Crippen molar-refractivity contribution >= 4 is 40.9 Å². The van der Waals surface area contributed by atoms with Gasteiger partial charge in [0.25, 0.3) is 0 Å². The van der Waals surface area contributed by atoms with Gasteiger partial charge in [0.1, 0.15) is 0 Å². The van der Waals surface area contributed by atoms with Crippen LogP contribution in [0.2, 0.25) is 10.0 Å². The maximum Gasteiger partial charge on any atom is 0.337 e. The van der Waals surface area contributed by atoms with Crippen molar-refractivity contribution in [1.82, 2.24) is 5.32 Å². The fourth-order valence-corrected chi connectivity index (χ4v) is 2.12. The summed E-state index contributed by atoms with van der Waals surface area (Å²) in [5.41, 5.74) is -0.0301. The molecule has 0 aliphatic carbocycles. The number of anilines is 1. The standard InChI is InChI=1S/C14H18Cl2N2O3/c1-14(2,3)4-5-17-13(21)18-11-9(12(19)20)6-8(15)7-10(11)16/h6-7H,4-5H2,1-3H3,(H,19,20)(H2,17,18,21). The number of benzene rings is 1. The smallest absolute Gasteiger partial charge is 0.337 e. The third kappa shape index (κ3) is 5.81. The number of rotatable bonds is 4. The zero-order chi connectivity index (χ0) is 16.2. The number of amides is 2. The first-order chi connectivity index (χ1) is 9.60. The summed E-state index contributed by atoms with van der Waals surface area (Å²) in [5, 5.41) is 14.5. The van der Waals surface area contributed by atoms with Crippen LogP contribution in [0, 0.1) is 5.41 Å². The Hall–Kier alpha value is -1.46. The molecule has 7 heteroatoms. The zero-order valence-electron chi connectivity index (χ0n) is 12.1. The molecule has 0 atom stereocenters. The molecule has 0 aliphatic heterocycles. The number of carbonyl (C=O) groups is 2. The van der Waals surface area contributed by atoms with E-state index in [1.807, 2.05) is 0 Å². The van der Waals surface area contributed by atoms with Crippen molar-refractivity contribution < 1.29 is 14.7 Å². The highest BCUT2D eigenvalue weighted by Gasteiger charge is 2.17. The molecular weight excluding hydrogens is 315 g/mol. The minimum absolute atomic E-state index is 0.0295. The predicted octanol–water partition coefficient (Wildman–Crippen LogP) is 4.25. The monoisotopic (exact) mass is 332 g/mol. The molecule has 0 radical (unpaired) electrons. The molecule has 0 unspecified atom stereocenters. The molecule has 0 saturated carbocycles. The van der Waals surface area contributed by atoms with Gasteiger partial charge >= 0.3 is 12.0 Å². The number of nitrogens with one attached hydrogen (secondary N) is 2. The highest BCUT2D eigenvalue weighted by Crippen LogP contribution is 2.30. The van der Waals surface area contributed by atoms with Crippen molar-refractivity contribution in [2.24, 2.45) is 5.41 Å².